The first kappa shape index (κ1) is 15.7. The average molecular weight is 321 g/mol. The van der Waals surface area contributed by atoms with Gasteiger partial charge in [0, 0.05) is 34.7 Å². The van der Waals surface area contributed by atoms with E-state index >= 15 is 0 Å². The van der Waals surface area contributed by atoms with Gasteiger partial charge in [-0.3, -0.25) is 0 Å². The van der Waals surface area contributed by atoms with Crippen LogP contribution in [0.5, 0.6) is 0 Å². The lowest BCUT2D eigenvalue weighted by Crippen LogP contribution is -2.41. The van der Waals surface area contributed by atoms with Gasteiger partial charge in [-0.05, 0) is 39.8 Å². The first-order chi connectivity index (χ1) is 11.4. The van der Waals surface area contributed by atoms with Crippen LogP contribution in [0.1, 0.15) is 27.7 Å². The summed E-state index contributed by atoms with van der Waals surface area (Å²) >= 11 is 0. The van der Waals surface area contributed by atoms with Crippen LogP contribution in [0.15, 0.2) is 48.5 Å². The molecule has 2 heterocycles. The maximum atomic E-state index is 6.15. The van der Waals surface area contributed by atoms with Gasteiger partial charge in [0.05, 0.1) is 11.2 Å². The van der Waals surface area contributed by atoms with Gasteiger partial charge in [0.1, 0.15) is 0 Å². The molecule has 0 N–H and O–H groups in total. The first-order valence-electron chi connectivity index (χ1n) is 8.71. The van der Waals surface area contributed by atoms with E-state index in [9.17, 15) is 0 Å². The minimum Gasteiger partial charge on any atom is -0.403 e. The number of rotatable bonds is 3. The van der Waals surface area contributed by atoms with Gasteiger partial charge < -0.3 is 13.9 Å². The summed E-state index contributed by atoms with van der Waals surface area (Å²) in [5.74, 6) is 0. The smallest absolute Gasteiger partial charge is 0.403 e. The zero-order valence-electron chi connectivity index (χ0n) is 14.9. The van der Waals surface area contributed by atoms with Crippen molar-refractivity contribution in [2.75, 3.05) is 0 Å². The standard InChI is InChI=1S/C20H24BNO2/c1-19(2)20(3,4)24-21(23-19)13-14-22-17-11-7-5-9-15(17)16-10-6-8-12-18(16)22/h5-12H,13-14H2,1-4H3. The second kappa shape index (κ2) is 5.37. The molecule has 1 aliphatic rings. The lowest BCUT2D eigenvalue weighted by molar-refractivity contribution is 0.00578. The van der Waals surface area contributed by atoms with Gasteiger partial charge in [-0.15, -0.1) is 0 Å². The molecular weight excluding hydrogens is 297 g/mol. The zero-order valence-corrected chi connectivity index (χ0v) is 14.9. The summed E-state index contributed by atoms with van der Waals surface area (Å²) in [7, 11) is -0.157. The number of hydrogen-bond acceptors (Lipinski definition) is 2. The third-order valence-corrected chi connectivity index (χ3v) is 5.57. The largest absolute Gasteiger partial charge is 0.459 e. The molecule has 0 saturated carbocycles. The summed E-state index contributed by atoms with van der Waals surface area (Å²) in [5, 5.41) is 2.61. The quantitative estimate of drug-likeness (QED) is 0.641. The Morgan fingerprint density at radius 2 is 1.25 bits per heavy atom. The van der Waals surface area contributed by atoms with Crippen LogP contribution in [0.3, 0.4) is 0 Å². The summed E-state index contributed by atoms with van der Waals surface area (Å²) in [5.41, 5.74) is 2.02. The molecule has 2 aromatic carbocycles. The minimum absolute atomic E-state index is 0.157. The molecule has 4 rings (SSSR count). The highest BCUT2D eigenvalue weighted by Crippen LogP contribution is 2.38. The van der Waals surface area contributed by atoms with E-state index in [1.54, 1.807) is 0 Å². The van der Waals surface area contributed by atoms with Crippen molar-refractivity contribution in [1.29, 1.82) is 0 Å². The van der Waals surface area contributed by atoms with Gasteiger partial charge in [0.25, 0.3) is 0 Å². The molecule has 0 radical (unpaired) electrons. The predicted molar refractivity (Wildman–Crippen MR) is 100 cm³/mol. The third kappa shape index (κ3) is 2.36. The third-order valence-electron chi connectivity index (χ3n) is 5.57. The van der Waals surface area contributed by atoms with E-state index < -0.39 is 0 Å². The van der Waals surface area contributed by atoms with Crippen molar-refractivity contribution >= 4 is 28.9 Å². The molecular formula is C20H24BNO2. The molecule has 3 nitrogen and oxygen atoms in total. The van der Waals surface area contributed by atoms with Crippen molar-refractivity contribution in [3.8, 4) is 0 Å². The van der Waals surface area contributed by atoms with Crippen molar-refractivity contribution in [1.82, 2.24) is 4.57 Å². The van der Waals surface area contributed by atoms with E-state index in [0.29, 0.717) is 0 Å². The highest BCUT2D eigenvalue weighted by atomic mass is 16.7. The van der Waals surface area contributed by atoms with Crippen LogP contribution < -0.4 is 0 Å². The van der Waals surface area contributed by atoms with E-state index in [0.717, 1.165) is 12.9 Å². The molecule has 124 valence electrons. The second-order valence-corrected chi connectivity index (χ2v) is 7.66. The van der Waals surface area contributed by atoms with Gasteiger partial charge in [-0.2, -0.15) is 0 Å². The molecule has 1 aromatic heterocycles. The van der Waals surface area contributed by atoms with Crippen LogP contribution in [0.25, 0.3) is 21.8 Å². The van der Waals surface area contributed by atoms with Crippen molar-refractivity contribution in [3.63, 3.8) is 0 Å². The molecule has 0 amide bonds. The normalized spacial score (nSPS) is 19.4. The summed E-state index contributed by atoms with van der Waals surface area (Å²) in [4.78, 5) is 0. The van der Waals surface area contributed by atoms with Crippen molar-refractivity contribution in [2.24, 2.45) is 0 Å². The minimum atomic E-state index is -0.265. The molecule has 0 aliphatic carbocycles. The molecule has 1 fully saturated rings. The number of nitrogens with zero attached hydrogens (tertiary/aromatic N) is 1. The monoisotopic (exact) mass is 321 g/mol. The fraction of sp³-hybridized carbons (Fsp3) is 0.400. The Balaban J connectivity index is 1.66. The van der Waals surface area contributed by atoms with Gasteiger partial charge in [0.15, 0.2) is 0 Å². The molecule has 4 heteroatoms. The van der Waals surface area contributed by atoms with Crippen LogP contribution in [-0.2, 0) is 15.9 Å². The Morgan fingerprint density at radius 3 is 1.75 bits per heavy atom. The molecule has 3 aromatic rings. The maximum absolute atomic E-state index is 6.15. The Bertz CT molecular complexity index is 828. The fourth-order valence-electron chi connectivity index (χ4n) is 3.56. The van der Waals surface area contributed by atoms with Gasteiger partial charge in [-0.1, -0.05) is 36.4 Å². The highest BCUT2D eigenvalue weighted by molar-refractivity contribution is 6.45. The molecule has 24 heavy (non-hydrogen) atoms. The topological polar surface area (TPSA) is 23.4 Å². The first-order valence-corrected chi connectivity index (χ1v) is 8.71. The number of aryl methyl sites for hydroxylation is 1. The number of aromatic nitrogens is 1. The Hall–Kier alpha value is -1.78. The molecule has 1 saturated heterocycles. The number of fused-ring (bicyclic) bond motifs is 3. The molecule has 0 atom stereocenters. The summed E-state index contributed by atoms with van der Waals surface area (Å²) in [6, 6.07) is 17.2. The van der Waals surface area contributed by atoms with Gasteiger partial charge in [0.2, 0.25) is 0 Å². The highest BCUT2D eigenvalue weighted by Gasteiger charge is 2.50. The van der Waals surface area contributed by atoms with Crippen LogP contribution in [0, 0.1) is 0 Å². The van der Waals surface area contributed by atoms with E-state index in [2.05, 4.69) is 80.8 Å². The summed E-state index contributed by atoms with van der Waals surface area (Å²) in [6.45, 7) is 9.30. The molecule has 0 spiro atoms. The maximum Gasteiger partial charge on any atom is 0.459 e. The number of hydrogen-bond donors (Lipinski definition) is 0. The van der Waals surface area contributed by atoms with Crippen LogP contribution in [-0.4, -0.2) is 22.9 Å². The number of para-hydroxylation sites is 2. The van der Waals surface area contributed by atoms with Crippen molar-refractivity contribution in [3.05, 3.63) is 48.5 Å². The van der Waals surface area contributed by atoms with Crippen molar-refractivity contribution in [2.45, 2.75) is 51.8 Å². The van der Waals surface area contributed by atoms with E-state index in [1.807, 2.05) is 0 Å². The molecule has 0 bridgehead atoms. The summed E-state index contributed by atoms with van der Waals surface area (Å²) < 4.78 is 14.7. The van der Waals surface area contributed by atoms with Crippen LogP contribution in [0.4, 0.5) is 0 Å². The average Bonchev–Trinajstić information content (AvgIpc) is 2.96. The van der Waals surface area contributed by atoms with Crippen LogP contribution in [0.2, 0.25) is 6.32 Å². The lowest BCUT2D eigenvalue weighted by Gasteiger charge is -2.32. The molecule has 1 aliphatic heterocycles. The van der Waals surface area contributed by atoms with E-state index in [4.69, 9.17) is 9.31 Å². The van der Waals surface area contributed by atoms with E-state index in [-0.39, 0.29) is 18.3 Å². The van der Waals surface area contributed by atoms with E-state index in [1.165, 1.54) is 21.8 Å². The second-order valence-electron chi connectivity index (χ2n) is 7.66. The van der Waals surface area contributed by atoms with Gasteiger partial charge in [-0.25, -0.2) is 0 Å². The SMILES string of the molecule is CC1(C)OB(CCn2c3ccccc3c3ccccc32)OC1(C)C. The van der Waals surface area contributed by atoms with Gasteiger partial charge >= 0.3 is 7.12 Å². The van der Waals surface area contributed by atoms with Crippen LogP contribution >= 0.6 is 0 Å². The lowest BCUT2D eigenvalue weighted by atomic mass is 9.85. The van der Waals surface area contributed by atoms with Crippen molar-refractivity contribution < 1.29 is 9.31 Å². The zero-order chi connectivity index (χ0) is 16.9. The Labute approximate surface area is 143 Å². The number of benzene rings is 2. The Morgan fingerprint density at radius 1 is 0.792 bits per heavy atom. The predicted octanol–water partition coefficient (Wildman–Crippen LogP) is 4.89. The summed E-state index contributed by atoms with van der Waals surface area (Å²) in [6.07, 6.45) is 0.843. The fourth-order valence-corrected chi connectivity index (χ4v) is 3.56. The molecule has 0 unspecified atom stereocenters. The Kier molecular flexibility index (Phi) is 3.52.